The number of benzene rings is 1. The minimum atomic E-state index is -0.290. The lowest BCUT2D eigenvalue weighted by atomic mass is 10.2. The average molecular weight is 234 g/mol. The normalized spacial score (nSPS) is 10.5. The number of halogens is 1. The number of aryl methyl sites for hydroxylation is 1. The molecule has 0 atom stereocenters. The molecule has 1 aromatic heterocycles. The monoisotopic (exact) mass is 234 g/mol. The third-order valence-corrected chi connectivity index (χ3v) is 2.63. The van der Waals surface area contributed by atoms with Gasteiger partial charge in [-0.3, -0.25) is 4.68 Å². The number of hydrogen-bond donors (Lipinski definition) is 2. The van der Waals surface area contributed by atoms with Crippen LogP contribution < -0.4 is 11.1 Å². The molecule has 0 saturated carbocycles. The molecule has 17 heavy (non-hydrogen) atoms. The van der Waals surface area contributed by atoms with Gasteiger partial charge in [0.05, 0.1) is 11.4 Å². The quantitative estimate of drug-likeness (QED) is 0.793. The van der Waals surface area contributed by atoms with E-state index >= 15 is 0 Å². The standard InChI is InChI=1S/C12H15FN4/c1-17-10(5-7-16-17)4-6-15-12-8-9(13)2-3-11(12)14/h2-3,5,7-8,15H,4,6,14H2,1H3. The van der Waals surface area contributed by atoms with E-state index < -0.39 is 0 Å². The summed E-state index contributed by atoms with van der Waals surface area (Å²) in [6.07, 6.45) is 2.57. The third kappa shape index (κ3) is 2.75. The first-order chi connectivity index (χ1) is 8.16. The maximum absolute atomic E-state index is 13.0. The average Bonchev–Trinajstić information content (AvgIpc) is 2.70. The fraction of sp³-hybridized carbons (Fsp3) is 0.250. The summed E-state index contributed by atoms with van der Waals surface area (Å²) in [5, 5.41) is 7.19. The van der Waals surface area contributed by atoms with Gasteiger partial charge in [0.2, 0.25) is 0 Å². The second-order valence-electron chi connectivity index (χ2n) is 3.85. The van der Waals surface area contributed by atoms with Gasteiger partial charge in [-0.1, -0.05) is 0 Å². The van der Waals surface area contributed by atoms with Gasteiger partial charge in [0, 0.05) is 31.9 Å². The molecule has 5 heteroatoms. The highest BCUT2D eigenvalue weighted by atomic mass is 19.1. The Morgan fingerprint density at radius 2 is 2.24 bits per heavy atom. The number of nitrogens with zero attached hydrogens (tertiary/aromatic N) is 2. The van der Waals surface area contributed by atoms with Crippen LogP contribution in [0.3, 0.4) is 0 Å². The molecule has 0 unspecified atom stereocenters. The summed E-state index contributed by atoms with van der Waals surface area (Å²) >= 11 is 0. The van der Waals surface area contributed by atoms with Crippen molar-refractivity contribution in [2.75, 3.05) is 17.6 Å². The second kappa shape index (κ2) is 4.86. The van der Waals surface area contributed by atoms with Crippen molar-refractivity contribution in [2.24, 2.45) is 7.05 Å². The van der Waals surface area contributed by atoms with Crippen molar-refractivity contribution in [3.63, 3.8) is 0 Å². The van der Waals surface area contributed by atoms with Crippen LogP contribution >= 0.6 is 0 Å². The Labute approximate surface area is 99.2 Å². The van der Waals surface area contributed by atoms with Crippen LogP contribution in [0.25, 0.3) is 0 Å². The largest absolute Gasteiger partial charge is 0.397 e. The molecule has 0 aliphatic rings. The summed E-state index contributed by atoms with van der Waals surface area (Å²) in [5.41, 5.74) is 8.03. The predicted molar refractivity (Wildman–Crippen MR) is 66.2 cm³/mol. The Bertz CT molecular complexity index is 507. The van der Waals surface area contributed by atoms with Gasteiger partial charge in [-0.05, 0) is 24.3 Å². The van der Waals surface area contributed by atoms with Crippen molar-refractivity contribution in [2.45, 2.75) is 6.42 Å². The van der Waals surface area contributed by atoms with Gasteiger partial charge < -0.3 is 11.1 Å². The molecule has 3 N–H and O–H groups in total. The maximum atomic E-state index is 13.0. The number of anilines is 2. The molecule has 4 nitrogen and oxygen atoms in total. The molecular formula is C12H15FN4. The van der Waals surface area contributed by atoms with Crippen LogP contribution in [0.2, 0.25) is 0 Å². The maximum Gasteiger partial charge on any atom is 0.125 e. The highest BCUT2D eigenvalue weighted by Gasteiger charge is 2.02. The summed E-state index contributed by atoms with van der Waals surface area (Å²) < 4.78 is 14.8. The minimum Gasteiger partial charge on any atom is -0.397 e. The van der Waals surface area contributed by atoms with Crippen LogP contribution in [-0.2, 0) is 13.5 Å². The number of nitrogens with two attached hydrogens (primary N) is 1. The van der Waals surface area contributed by atoms with Gasteiger partial charge in [0.25, 0.3) is 0 Å². The summed E-state index contributed by atoms with van der Waals surface area (Å²) in [7, 11) is 1.89. The Hall–Kier alpha value is -2.04. The minimum absolute atomic E-state index is 0.290. The molecule has 2 rings (SSSR count). The lowest BCUT2D eigenvalue weighted by Gasteiger charge is -2.09. The van der Waals surface area contributed by atoms with Gasteiger partial charge in [-0.15, -0.1) is 0 Å². The summed E-state index contributed by atoms with van der Waals surface area (Å²) in [4.78, 5) is 0. The summed E-state index contributed by atoms with van der Waals surface area (Å²) in [6, 6.07) is 6.26. The Kier molecular flexibility index (Phi) is 3.27. The number of nitrogen functional groups attached to an aromatic ring is 1. The molecule has 0 bridgehead atoms. The summed E-state index contributed by atoms with van der Waals surface area (Å²) in [5.74, 6) is -0.290. The molecule has 0 amide bonds. The number of hydrogen-bond acceptors (Lipinski definition) is 3. The highest BCUT2D eigenvalue weighted by molar-refractivity contribution is 5.65. The molecule has 0 aliphatic carbocycles. The van der Waals surface area contributed by atoms with Crippen molar-refractivity contribution >= 4 is 11.4 Å². The predicted octanol–water partition coefficient (Wildman–Crippen LogP) is 1.80. The molecule has 90 valence electrons. The smallest absolute Gasteiger partial charge is 0.125 e. The first-order valence-electron chi connectivity index (χ1n) is 5.42. The van der Waals surface area contributed by atoms with Gasteiger partial charge in [0.15, 0.2) is 0 Å². The van der Waals surface area contributed by atoms with E-state index in [-0.39, 0.29) is 5.82 Å². The number of aromatic nitrogens is 2. The molecular weight excluding hydrogens is 219 g/mol. The molecule has 1 aromatic carbocycles. The van der Waals surface area contributed by atoms with Gasteiger partial charge >= 0.3 is 0 Å². The van der Waals surface area contributed by atoms with Crippen LogP contribution in [0, 0.1) is 5.82 Å². The van der Waals surface area contributed by atoms with Crippen molar-refractivity contribution < 1.29 is 4.39 Å². The first kappa shape index (κ1) is 11.4. The van der Waals surface area contributed by atoms with E-state index in [2.05, 4.69) is 10.4 Å². The van der Waals surface area contributed by atoms with E-state index in [1.165, 1.54) is 12.1 Å². The van der Waals surface area contributed by atoms with E-state index in [1.54, 1.807) is 12.3 Å². The lowest BCUT2D eigenvalue weighted by Crippen LogP contribution is -2.09. The van der Waals surface area contributed by atoms with E-state index in [9.17, 15) is 4.39 Å². The Morgan fingerprint density at radius 3 is 2.94 bits per heavy atom. The molecule has 0 aliphatic heterocycles. The molecule has 0 fully saturated rings. The van der Waals surface area contributed by atoms with Crippen LogP contribution in [0.5, 0.6) is 0 Å². The highest BCUT2D eigenvalue weighted by Crippen LogP contribution is 2.18. The van der Waals surface area contributed by atoms with Crippen LogP contribution in [-0.4, -0.2) is 16.3 Å². The van der Waals surface area contributed by atoms with Crippen molar-refractivity contribution in [1.82, 2.24) is 9.78 Å². The topological polar surface area (TPSA) is 55.9 Å². The van der Waals surface area contributed by atoms with E-state index in [1.807, 2.05) is 17.8 Å². The zero-order valence-corrected chi connectivity index (χ0v) is 9.65. The number of nitrogens with one attached hydrogen (secondary N) is 1. The van der Waals surface area contributed by atoms with Gasteiger partial charge in [0.1, 0.15) is 5.82 Å². The molecule has 1 heterocycles. The molecule has 0 saturated heterocycles. The van der Waals surface area contributed by atoms with Crippen LogP contribution in [0.15, 0.2) is 30.5 Å². The van der Waals surface area contributed by atoms with Crippen LogP contribution in [0.1, 0.15) is 5.69 Å². The van der Waals surface area contributed by atoms with Gasteiger partial charge in [-0.25, -0.2) is 4.39 Å². The summed E-state index contributed by atoms with van der Waals surface area (Å²) in [6.45, 7) is 0.688. The Balaban J connectivity index is 1.94. The zero-order valence-electron chi connectivity index (χ0n) is 9.65. The molecule has 2 aromatic rings. The van der Waals surface area contributed by atoms with Crippen molar-refractivity contribution in [1.29, 1.82) is 0 Å². The first-order valence-corrected chi connectivity index (χ1v) is 5.42. The fourth-order valence-electron chi connectivity index (χ4n) is 1.65. The zero-order chi connectivity index (χ0) is 12.3. The van der Waals surface area contributed by atoms with E-state index in [0.717, 1.165) is 12.1 Å². The Morgan fingerprint density at radius 1 is 1.41 bits per heavy atom. The van der Waals surface area contributed by atoms with Crippen LogP contribution in [0.4, 0.5) is 15.8 Å². The lowest BCUT2D eigenvalue weighted by molar-refractivity contribution is 0.628. The van der Waals surface area contributed by atoms with E-state index in [4.69, 9.17) is 5.73 Å². The second-order valence-corrected chi connectivity index (χ2v) is 3.85. The fourth-order valence-corrected chi connectivity index (χ4v) is 1.65. The third-order valence-electron chi connectivity index (χ3n) is 2.63. The molecule has 0 spiro atoms. The SMILES string of the molecule is Cn1nccc1CCNc1cc(F)ccc1N. The van der Waals surface area contributed by atoms with Gasteiger partial charge in [-0.2, -0.15) is 5.10 Å². The molecule has 0 radical (unpaired) electrons. The van der Waals surface area contributed by atoms with E-state index in [0.29, 0.717) is 17.9 Å². The number of rotatable bonds is 4. The van der Waals surface area contributed by atoms with Crippen molar-refractivity contribution in [3.8, 4) is 0 Å². The van der Waals surface area contributed by atoms with Crippen molar-refractivity contribution in [3.05, 3.63) is 42.0 Å².